The zero-order valence-corrected chi connectivity index (χ0v) is 19.7. The van der Waals surface area contributed by atoms with E-state index in [1.54, 1.807) is 0 Å². The number of carbonyl (C=O) groups excluding carboxylic acids is 1. The summed E-state index contributed by atoms with van der Waals surface area (Å²) in [5.41, 5.74) is 3.59. The molecule has 5 atom stereocenters. The molecule has 5 aliphatic rings. The molecule has 1 spiro atoms. The number of aromatic nitrogens is 2. The second-order valence-corrected chi connectivity index (χ2v) is 12.0. The summed E-state index contributed by atoms with van der Waals surface area (Å²) in [5, 5.41) is 6.90. The standard InChI is InChI=1S/C27H37N5O/c33-25(29-18-26-12-19-10-20-11-21(14-26)27(20,13-19)17-26)23-4-3-5-24-30-22(16-32(23)24)15-28-6-9-31-7-1-2-8-31/h3-5,16,19-21,28H,1-2,6-15,17-18H2,(H,29,33). The lowest BCUT2D eigenvalue weighted by Crippen LogP contribution is -2.43. The van der Waals surface area contributed by atoms with Crippen LogP contribution < -0.4 is 10.6 Å². The van der Waals surface area contributed by atoms with E-state index in [9.17, 15) is 4.79 Å². The molecule has 7 rings (SSSR count). The minimum atomic E-state index is 0.0483. The van der Waals surface area contributed by atoms with Gasteiger partial charge < -0.3 is 15.5 Å². The van der Waals surface area contributed by atoms with Crippen molar-refractivity contribution in [3.8, 4) is 0 Å². The van der Waals surface area contributed by atoms with Gasteiger partial charge in [0.25, 0.3) is 5.91 Å². The summed E-state index contributed by atoms with van der Waals surface area (Å²) in [6.07, 6.45) is 13.2. The van der Waals surface area contributed by atoms with Crippen molar-refractivity contribution in [2.75, 3.05) is 32.7 Å². The molecule has 6 nitrogen and oxygen atoms in total. The minimum absolute atomic E-state index is 0.0483. The monoisotopic (exact) mass is 447 g/mol. The van der Waals surface area contributed by atoms with Crippen LogP contribution in [0.2, 0.25) is 0 Å². The molecule has 1 saturated heterocycles. The van der Waals surface area contributed by atoms with Gasteiger partial charge in [-0.2, -0.15) is 0 Å². The van der Waals surface area contributed by atoms with Crippen LogP contribution in [0.4, 0.5) is 0 Å². The van der Waals surface area contributed by atoms with Crippen molar-refractivity contribution in [3.05, 3.63) is 35.8 Å². The van der Waals surface area contributed by atoms with E-state index >= 15 is 0 Å². The third kappa shape index (κ3) is 3.28. The van der Waals surface area contributed by atoms with Crippen LogP contribution in [0.3, 0.4) is 0 Å². The van der Waals surface area contributed by atoms with Gasteiger partial charge in [-0.05, 0) is 105 Å². The molecule has 4 aliphatic carbocycles. The molecule has 33 heavy (non-hydrogen) atoms. The Labute approximate surface area is 196 Å². The number of rotatable bonds is 8. The first-order chi connectivity index (χ1) is 16.1. The lowest BCUT2D eigenvalue weighted by molar-refractivity contribution is -0.00254. The van der Waals surface area contributed by atoms with E-state index in [-0.39, 0.29) is 5.91 Å². The summed E-state index contributed by atoms with van der Waals surface area (Å²) in [5.74, 6) is 2.93. The maximum atomic E-state index is 13.3. The van der Waals surface area contributed by atoms with Crippen molar-refractivity contribution in [1.29, 1.82) is 0 Å². The molecule has 4 saturated carbocycles. The number of hydrogen-bond donors (Lipinski definition) is 2. The topological polar surface area (TPSA) is 61.7 Å². The van der Waals surface area contributed by atoms with Crippen LogP contribution in [0.5, 0.6) is 0 Å². The van der Waals surface area contributed by atoms with E-state index in [1.165, 1.54) is 64.5 Å². The molecule has 0 radical (unpaired) electrons. The zero-order chi connectivity index (χ0) is 22.0. The highest BCUT2D eigenvalue weighted by molar-refractivity contribution is 5.93. The fraction of sp³-hybridized carbons (Fsp3) is 0.704. The molecule has 5 unspecified atom stereocenters. The van der Waals surface area contributed by atoms with Crippen molar-refractivity contribution in [1.82, 2.24) is 24.9 Å². The van der Waals surface area contributed by atoms with Gasteiger partial charge >= 0.3 is 0 Å². The van der Waals surface area contributed by atoms with Gasteiger partial charge in [0.1, 0.15) is 11.3 Å². The fourth-order valence-electron chi connectivity index (χ4n) is 8.89. The second-order valence-electron chi connectivity index (χ2n) is 12.0. The number of nitrogens with zero attached hydrogens (tertiary/aromatic N) is 3. The summed E-state index contributed by atoms with van der Waals surface area (Å²) in [6, 6.07) is 5.89. The van der Waals surface area contributed by atoms with Crippen LogP contribution in [0, 0.1) is 28.6 Å². The molecule has 5 fully saturated rings. The van der Waals surface area contributed by atoms with E-state index in [0.29, 0.717) is 16.5 Å². The number of likely N-dealkylation sites (tertiary alicyclic amines) is 1. The summed E-state index contributed by atoms with van der Waals surface area (Å²) < 4.78 is 1.97. The zero-order valence-electron chi connectivity index (χ0n) is 19.7. The van der Waals surface area contributed by atoms with E-state index in [1.807, 2.05) is 28.8 Å². The van der Waals surface area contributed by atoms with Crippen LogP contribution in [-0.4, -0.2) is 52.9 Å². The Morgan fingerprint density at radius 1 is 1.12 bits per heavy atom. The summed E-state index contributed by atoms with van der Waals surface area (Å²) in [4.78, 5) is 20.6. The highest BCUT2D eigenvalue weighted by atomic mass is 16.1. The summed E-state index contributed by atoms with van der Waals surface area (Å²) in [6.45, 7) is 6.15. The SMILES string of the molecule is O=C(NCC12CC3CC4CC(C1)C4(C3)C2)c1cccc2nc(CNCCN3CCCC3)cn12. The first-order valence-electron chi connectivity index (χ1n) is 13.3. The largest absolute Gasteiger partial charge is 0.350 e. The smallest absolute Gasteiger partial charge is 0.268 e. The Kier molecular flexibility index (Phi) is 4.67. The Hall–Kier alpha value is -1.92. The number of fused-ring (bicyclic) bond motifs is 3. The predicted molar refractivity (Wildman–Crippen MR) is 128 cm³/mol. The Balaban J connectivity index is 1.00. The van der Waals surface area contributed by atoms with Crippen molar-refractivity contribution in [3.63, 3.8) is 0 Å². The van der Waals surface area contributed by atoms with Gasteiger partial charge in [0.05, 0.1) is 5.69 Å². The number of carbonyl (C=O) groups is 1. The van der Waals surface area contributed by atoms with Gasteiger partial charge in [0.15, 0.2) is 0 Å². The molecule has 2 N–H and O–H groups in total. The van der Waals surface area contributed by atoms with Crippen molar-refractivity contribution >= 4 is 11.6 Å². The van der Waals surface area contributed by atoms with Gasteiger partial charge in [-0.15, -0.1) is 0 Å². The molecule has 2 aromatic rings. The molecular formula is C27H37N5O. The Morgan fingerprint density at radius 3 is 2.94 bits per heavy atom. The third-order valence-electron chi connectivity index (χ3n) is 10.1. The first kappa shape index (κ1) is 20.5. The van der Waals surface area contributed by atoms with E-state index in [4.69, 9.17) is 4.98 Å². The summed E-state index contributed by atoms with van der Waals surface area (Å²) in [7, 11) is 0. The van der Waals surface area contributed by atoms with E-state index in [0.717, 1.165) is 55.3 Å². The van der Waals surface area contributed by atoms with Crippen LogP contribution >= 0.6 is 0 Å². The average molecular weight is 448 g/mol. The second kappa shape index (κ2) is 7.54. The molecule has 6 heteroatoms. The number of imidazole rings is 1. The molecule has 176 valence electrons. The van der Waals surface area contributed by atoms with Crippen molar-refractivity contribution < 1.29 is 4.79 Å². The first-order valence-corrected chi connectivity index (χ1v) is 13.3. The molecule has 2 aromatic heterocycles. The van der Waals surface area contributed by atoms with Crippen molar-refractivity contribution in [2.45, 2.75) is 57.9 Å². The lowest BCUT2D eigenvalue weighted by atomic mass is 9.55. The van der Waals surface area contributed by atoms with Gasteiger partial charge in [0, 0.05) is 32.4 Å². The maximum absolute atomic E-state index is 13.3. The molecular weight excluding hydrogens is 410 g/mol. The number of pyridine rings is 1. The molecule has 3 heterocycles. The van der Waals surface area contributed by atoms with Gasteiger partial charge in [-0.3, -0.25) is 9.20 Å². The molecule has 0 aromatic carbocycles. The molecule has 1 aliphatic heterocycles. The molecule has 1 amide bonds. The van der Waals surface area contributed by atoms with E-state index in [2.05, 4.69) is 15.5 Å². The molecule has 3 bridgehead atoms. The van der Waals surface area contributed by atoms with Gasteiger partial charge in [0.2, 0.25) is 0 Å². The number of hydrogen-bond acceptors (Lipinski definition) is 4. The minimum Gasteiger partial charge on any atom is -0.350 e. The highest BCUT2D eigenvalue weighted by Crippen LogP contribution is 2.78. The van der Waals surface area contributed by atoms with Crippen LogP contribution in [0.15, 0.2) is 24.4 Å². The van der Waals surface area contributed by atoms with Crippen LogP contribution in [0.1, 0.15) is 67.5 Å². The quantitative estimate of drug-likeness (QED) is 0.609. The van der Waals surface area contributed by atoms with Crippen LogP contribution in [0.25, 0.3) is 5.65 Å². The normalized spacial score (nSPS) is 36.4. The number of amides is 1. The maximum Gasteiger partial charge on any atom is 0.268 e. The number of nitrogens with one attached hydrogen (secondary N) is 2. The van der Waals surface area contributed by atoms with Gasteiger partial charge in [-0.25, -0.2) is 4.98 Å². The lowest BCUT2D eigenvalue weighted by Gasteiger charge is -2.49. The Morgan fingerprint density at radius 2 is 2.03 bits per heavy atom. The highest BCUT2D eigenvalue weighted by Gasteiger charge is 2.70. The Bertz CT molecular complexity index is 1070. The third-order valence-corrected chi connectivity index (χ3v) is 10.1. The average Bonchev–Trinajstić information content (AvgIpc) is 3.54. The van der Waals surface area contributed by atoms with Crippen molar-refractivity contribution in [2.24, 2.45) is 28.6 Å². The fourth-order valence-corrected chi connectivity index (χ4v) is 8.89. The van der Waals surface area contributed by atoms with Gasteiger partial charge in [-0.1, -0.05) is 6.07 Å². The van der Waals surface area contributed by atoms with Crippen LogP contribution in [-0.2, 0) is 6.54 Å². The summed E-state index contributed by atoms with van der Waals surface area (Å²) >= 11 is 0. The predicted octanol–water partition coefficient (Wildman–Crippen LogP) is 3.47. The van der Waals surface area contributed by atoms with E-state index < -0.39 is 0 Å².